The van der Waals surface area contributed by atoms with Crippen LogP contribution in [-0.2, 0) is 42.9 Å². The van der Waals surface area contributed by atoms with E-state index < -0.39 is 28.9 Å². The molecule has 0 atom stereocenters. The van der Waals surface area contributed by atoms with Crippen LogP contribution in [0.25, 0.3) is 0 Å². The molecule has 0 aliphatic carbocycles. The smallest absolute Gasteiger partial charge is 0.465 e. The van der Waals surface area contributed by atoms with Crippen molar-refractivity contribution in [3.8, 4) is 5.75 Å². The molecular formula is C59H101NO13. The highest BCUT2D eigenvalue weighted by Crippen LogP contribution is 2.22. The Bertz CT molecular complexity index is 1450. The zero-order valence-electron chi connectivity index (χ0n) is 46.3. The van der Waals surface area contributed by atoms with Crippen LogP contribution in [-0.4, -0.2) is 67.0 Å². The minimum Gasteiger partial charge on any atom is -0.465 e. The molecule has 0 heterocycles. The molecule has 0 saturated heterocycles. The van der Waals surface area contributed by atoms with E-state index in [1.165, 1.54) is 127 Å². The van der Waals surface area contributed by atoms with Crippen LogP contribution in [0.2, 0.25) is 0 Å². The van der Waals surface area contributed by atoms with Gasteiger partial charge in [0.25, 0.3) is 5.69 Å². The molecule has 0 bridgehead atoms. The lowest BCUT2D eigenvalue weighted by atomic mass is 10.0. The molecule has 0 aliphatic rings. The number of unbranched alkanes of at least 4 members (excludes halogenated alkanes) is 24. The number of benzene rings is 1. The number of hydrogen-bond acceptors (Lipinski definition) is 13. The number of ether oxygens (including phenoxy) is 6. The van der Waals surface area contributed by atoms with E-state index in [-0.39, 0.29) is 68.2 Å². The number of esters is 4. The number of hydrogen-bond donors (Lipinski definition) is 0. The molecule has 0 fully saturated rings. The second-order valence-corrected chi connectivity index (χ2v) is 20.2. The molecule has 420 valence electrons. The van der Waals surface area contributed by atoms with Crippen molar-refractivity contribution in [3.63, 3.8) is 0 Å². The van der Waals surface area contributed by atoms with Crippen molar-refractivity contribution in [2.45, 2.75) is 284 Å². The Labute approximate surface area is 441 Å². The molecule has 14 heteroatoms. The zero-order valence-corrected chi connectivity index (χ0v) is 46.3. The van der Waals surface area contributed by atoms with Crippen molar-refractivity contribution in [3.05, 3.63) is 34.4 Å². The average Bonchev–Trinajstić information content (AvgIpc) is 3.37. The number of carbonyl (C=O) groups is 5. The van der Waals surface area contributed by atoms with E-state index in [2.05, 4.69) is 27.7 Å². The molecule has 1 aromatic rings. The molecule has 0 N–H and O–H groups in total. The van der Waals surface area contributed by atoms with Gasteiger partial charge < -0.3 is 28.4 Å². The molecule has 0 saturated carbocycles. The summed E-state index contributed by atoms with van der Waals surface area (Å²) < 4.78 is 33.4. The maximum atomic E-state index is 12.9. The van der Waals surface area contributed by atoms with E-state index in [0.717, 1.165) is 77.0 Å². The third-order valence-electron chi connectivity index (χ3n) is 13.3. The van der Waals surface area contributed by atoms with Crippen molar-refractivity contribution in [1.82, 2.24) is 0 Å². The molecule has 0 aromatic heterocycles. The van der Waals surface area contributed by atoms with Crippen LogP contribution in [0.3, 0.4) is 0 Å². The van der Waals surface area contributed by atoms with E-state index in [1.807, 2.05) is 0 Å². The highest BCUT2D eigenvalue weighted by molar-refractivity contribution is 5.71. The molecule has 1 rings (SSSR count). The van der Waals surface area contributed by atoms with Crippen LogP contribution in [0.1, 0.15) is 272 Å². The number of carbonyl (C=O) groups excluding carboxylic acids is 5. The third-order valence-corrected chi connectivity index (χ3v) is 13.3. The van der Waals surface area contributed by atoms with E-state index in [0.29, 0.717) is 51.4 Å². The summed E-state index contributed by atoms with van der Waals surface area (Å²) in [6.45, 7) is 8.18. The van der Waals surface area contributed by atoms with E-state index in [9.17, 15) is 34.1 Å². The van der Waals surface area contributed by atoms with Crippen LogP contribution in [0, 0.1) is 16.0 Å². The van der Waals surface area contributed by atoms with Gasteiger partial charge in [0.05, 0.1) is 10.8 Å². The van der Waals surface area contributed by atoms with Crippen LogP contribution in [0.5, 0.6) is 5.75 Å². The molecule has 73 heavy (non-hydrogen) atoms. The predicted octanol–water partition coefficient (Wildman–Crippen LogP) is 16.5. The summed E-state index contributed by atoms with van der Waals surface area (Å²) in [5, 5.41) is 11.0. The Morgan fingerprint density at radius 3 is 1.05 bits per heavy atom. The number of nitro groups is 1. The fourth-order valence-electron chi connectivity index (χ4n) is 8.71. The Hall–Kier alpha value is -4.23. The van der Waals surface area contributed by atoms with Crippen molar-refractivity contribution in [2.75, 3.05) is 19.8 Å². The Balaban J connectivity index is 2.61. The maximum Gasteiger partial charge on any atom is 0.513 e. The molecule has 0 unspecified atom stereocenters. The lowest BCUT2D eigenvalue weighted by molar-refractivity contribution is -0.384. The summed E-state index contributed by atoms with van der Waals surface area (Å²) in [5.74, 6) is -1.98. The van der Waals surface area contributed by atoms with Crippen LogP contribution >= 0.6 is 0 Å². The Morgan fingerprint density at radius 2 is 0.712 bits per heavy atom. The van der Waals surface area contributed by atoms with E-state index in [1.54, 1.807) is 0 Å². The topological polar surface area (TPSA) is 184 Å². The van der Waals surface area contributed by atoms with Gasteiger partial charge in [0.2, 0.25) is 0 Å². The number of non-ortho nitro benzene ring substituents is 1. The molecule has 0 radical (unpaired) electrons. The van der Waals surface area contributed by atoms with Gasteiger partial charge in [-0.3, -0.25) is 29.3 Å². The van der Waals surface area contributed by atoms with Crippen molar-refractivity contribution in [2.24, 2.45) is 5.92 Å². The lowest BCUT2D eigenvalue weighted by Crippen LogP contribution is -2.27. The SMILES string of the molecule is CCCCCCCCC(CCCCCCCC)OC(=O)CCCCCC(=O)OCC(COC(=O)CCCCCC(=O)OC(CCCCCCCC)CCCCCCCC)COC(=O)Oc1ccc([N+](=O)[O-])cc1. The average molecular weight is 1030 g/mol. The third kappa shape index (κ3) is 40.8. The first kappa shape index (κ1) is 66.8. The van der Waals surface area contributed by atoms with Gasteiger partial charge in [-0.05, 0) is 89.2 Å². The summed E-state index contributed by atoms with van der Waals surface area (Å²) in [6, 6.07) is 4.92. The molecule has 0 aliphatic heterocycles. The molecule has 14 nitrogen and oxygen atoms in total. The largest absolute Gasteiger partial charge is 0.513 e. The van der Waals surface area contributed by atoms with E-state index in [4.69, 9.17) is 28.4 Å². The first-order valence-corrected chi connectivity index (χ1v) is 29.3. The van der Waals surface area contributed by atoms with Gasteiger partial charge in [-0.2, -0.15) is 0 Å². The minimum atomic E-state index is -1.08. The second-order valence-electron chi connectivity index (χ2n) is 20.2. The zero-order chi connectivity index (χ0) is 53.4. The lowest BCUT2D eigenvalue weighted by Gasteiger charge is -2.18. The highest BCUT2D eigenvalue weighted by Gasteiger charge is 2.20. The van der Waals surface area contributed by atoms with Gasteiger partial charge in [-0.25, -0.2) is 4.79 Å². The molecule has 1 aromatic carbocycles. The quantitative estimate of drug-likeness (QED) is 0.0150. The summed E-state index contributed by atoms with van der Waals surface area (Å²) in [7, 11) is 0. The first-order chi connectivity index (χ1) is 35.5. The van der Waals surface area contributed by atoms with Crippen molar-refractivity contribution >= 4 is 35.7 Å². The van der Waals surface area contributed by atoms with Gasteiger partial charge in [0.15, 0.2) is 0 Å². The van der Waals surface area contributed by atoms with Gasteiger partial charge in [-0.15, -0.1) is 0 Å². The van der Waals surface area contributed by atoms with Crippen LogP contribution in [0.15, 0.2) is 24.3 Å². The van der Waals surface area contributed by atoms with Gasteiger partial charge in [0, 0.05) is 37.8 Å². The second kappa shape index (κ2) is 47.5. The number of nitrogens with zero attached hydrogens (tertiary/aromatic N) is 1. The number of nitro benzene ring substituents is 1. The van der Waals surface area contributed by atoms with E-state index >= 15 is 0 Å². The van der Waals surface area contributed by atoms with Gasteiger partial charge in [0.1, 0.15) is 37.8 Å². The monoisotopic (exact) mass is 1030 g/mol. The summed E-state index contributed by atoms with van der Waals surface area (Å²) in [6.07, 6.45) is 35.5. The summed E-state index contributed by atoms with van der Waals surface area (Å²) in [5.41, 5.74) is -0.169. The number of rotatable bonds is 50. The van der Waals surface area contributed by atoms with Crippen molar-refractivity contribution in [1.29, 1.82) is 0 Å². The van der Waals surface area contributed by atoms with Crippen LogP contribution < -0.4 is 4.74 Å². The Morgan fingerprint density at radius 1 is 0.411 bits per heavy atom. The molecule has 0 spiro atoms. The van der Waals surface area contributed by atoms with Crippen molar-refractivity contribution < 1.29 is 57.3 Å². The summed E-state index contributed by atoms with van der Waals surface area (Å²) in [4.78, 5) is 74.3. The highest BCUT2D eigenvalue weighted by atomic mass is 16.7. The minimum absolute atomic E-state index is 0.0360. The molecular weight excluding hydrogens is 931 g/mol. The fourth-order valence-corrected chi connectivity index (χ4v) is 8.71. The van der Waals surface area contributed by atoms with Crippen LogP contribution in [0.4, 0.5) is 10.5 Å². The predicted molar refractivity (Wildman–Crippen MR) is 288 cm³/mol. The fraction of sp³-hybridized carbons (Fsp3) is 0.814. The Kier molecular flexibility index (Phi) is 43.4. The maximum absolute atomic E-state index is 12.9. The summed E-state index contributed by atoms with van der Waals surface area (Å²) >= 11 is 0. The first-order valence-electron chi connectivity index (χ1n) is 29.3. The van der Waals surface area contributed by atoms with Gasteiger partial charge in [-0.1, -0.05) is 169 Å². The molecule has 0 amide bonds. The standard InChI is InChI=1S/C59H101NO13/c1-5-9-13-17-21-27-35-52(36-28-22-18-14-10-6-2)71-57(63)41-33-25-31-39-55(61)68-47-50(49-70-59(65)73-54-45-43-51(44-46-54)60(66)67)48-69-56(62)40-32-26-34-42-58(64)72-53(37-29-23-19-15-11-7-3)38-30-24-20-16-12-8-4/h43-46,50,52-53H,5-42,47-49H2,1-4H3. The van der Waals surface area contributed by atoms with Gasteiger partial charge >= 0.3 is 30.0 Å². The normalized spacial score (nSPS) is 11.3.